The van der Waals surface area contributed by atoms with Gasteiger partial charge in [0, 0.05) is 11.8 Å². The minimum absolute atomic E-state index is 0.0417. The van der Waals surface area contributed by atoms with E-state index in [-0.39, 0.29) is 5.69 Å². The summed E-state index contributed by atoms with van der Waals surface area (Å²) >= 11 is 0. The molecule has 0 heterocycles. The summed E-state index contributed by atoms with van der Waals surface area (Å²) in [6.07, 6.45) is -3.90. The molecule has 0 radical (unpaired) electrons. The van der Waals surface area contributed by atoms with Gasteiger partial charge in [0.15, 0.2) is 0 Å². The molecule has 0 unspecified atom stereocenters. The van der Waals surface area contributed by atoms with Crippen LogP contribution in [0, 0.1) is 6.92 Å². The zero-order valence-electron chi connectivity index (χ0n) is 14.4. The van der Waals surface area contributed by atoms with Gasteiger partial charge in [0.25, 0.3) is 0 Å². The van der Waals surface area contributed by atoms with Gasteiger partial charge in [-0.15, -0.1) is 13.2 Å². The van der Waals surface area contributed by atoms with Gasteiger partial charge >= 0.3 is 6.36 Å². The van der Waals surface area contributed by atoms with E-state index >= 15 is 0 Å². The molecule has 2 rings (SSSR count). The fraction of sp³-hybridized carbons (Fsp3) is 0.235. The molecule has 0 spiro atoms. The van der Waals surface area contributed by atoms with Crippen LogP contribution >= 0.6 is 0 Å². The average molecular weight is 402 g/mol. The summed E-state index contributed by atoms with van der Waals surface area (Å²) in [5.74, 6) is -1.22. The minimum Gasteiger partial charge on any atom is -0.406 e. The van der Waals surface area contributed by atoms with Gasteiger partial charge in [0.1, 0.15) is 12.3 Å². The van der Waals surface area contributed by atoms with Crippen LogP contribution in [0.3, 0.4) is 0 Å². The number of carbonyl (C=O) groups is 1. The average Bonchev–Trinajstić information content (AvgIpc) is 2.51. The predicted molar refractivity (Wildman–Crippen MR) is 95.1 cm³/mol. The Bertz CT molecular complexity index is 930. The van der Waals surface area contributed by atoms with Crippen LogP contribution in [0.1, 0.15) is 5.56 Å². The molecule has 2 aromatic carbocycles. The molecule has 0 aliphatic rings. The van der Waals surface area contributed by atoms with Crippen LogP contribution in [0.4, 0.5) is 24.5 Å². The monoisotopic (exact) mass is 402 g/mol. The SMILES string of the molecule is Cc1ccccc1N(CC(=O)Nc1cccc(OC(F)(F)F)c1)S(C)(=O)=O. The molecule has 0 aliphatic heterocycles. The first-order valence-corrected chi connectivity index (χ1v) is 9.49. The second-order valence-corrected chi connectivity index (χ2v) is 7.59. The fourth-order valence-electron chi connectivity index (χ4n) is 2.33. The van der Waals surface area contributed by atoms with E-state index in [0.717, 1.165) is 22.7 Å². The van der Waals surface area contributed by atoms with E-state index in [1.165, 1.54) is 12.1 Å². The van der Waals surface area contributed by atoms with Gasteiger partial charge in [0.05, 0.1) is 11.9 Å². The van der Waals surface area contributed by atoms with Crippen molar-refractivity contribution >= 4 is 27.3 Å². The lowest BCUT2D eigenvalue weighted by Gasteiger charge is -2.23. The molecule has 10 heteroatoms. The molecule has 0 aromatic heterocycles. The molecule has 2 aromatic rings. The molecule has 0 fully saturated rings. The highest BCUT2D eigenvalue weighted by molar-refractivity contribution is 7.92. The maximum absolute atomic E-state index is 12.3. The lowest BCUT2D eigenvalue weighted by Crippen LogP contribution is -2.37. The molecule has 6 nitrogen and oxygen atoms in total. The Balaban J connectivity index is 2.18. The number of hydrogen-bond donors (Lipinski definition) is 1. The quantitative estimate of drug-likeness (QED) is 0.805. The maximum atomic E-state index is 12.3. The topological polar surface area (TPSA) is 75.7 Å². The fourth-order valence-corrected chi connectivity index (χ4v) is 3.24. The molecule has 0 aliphatic carbocycles. The number of anilines is 2. The first-order chi connectivity index (χ1) is 12.5. The van der Waals surface area contributed by atoms with Crippen molar-refractivity contribution in [3.63, 3.8) is 0 Å². The molecule has 27 heavy (non-hydrogen) atoms. The van der Waals surface area contributed by atoms with E-state index < -0.39 is 34.6 Å². The molecule has 0 saturated carbocycles. The molecule has 0 bridgehead atoms. The molecular weight excluding hydrogens is 385 g/mol. The predicted octanol–water partition coefficient (Wildman–Crippen LogP) is 3.30. The lowest BCUT2D eigenvalue weighted by atomic mass is 10.2. The number of halogens is 3. The largest absolute Gasteiger partial charge is 0.573 e. The van der Waals surface area contributed by atoms with Crippen molar-refractivity contribution in [2.75, 3.05) is 22.4 Å². The van der Waals surface area contributed by atoms with E-state index in [9.17, 15) is 26.4 Å². The van der Waals surface area contributed by atoms with E-state index in [1.807, 2.05) is 0 Å². The third kappa shape index (κ3) is 6.17. The summed E-state index contributed by atoms with van der Waals surface area (Å²) in [7, 11) is -3.76. The number of aryl methyl sites for hydroxylation is 1. The van der Waals surface area contributed by atoms with Crippen LogP contribution in [0.15, 0.2) is 48.5 Å². The van der Waals surface area contributed by atoms with Gasteiger partial charge in [0.2, 0.25) is 15.9 Å². The van der Waals surface area contributed by atoms with Crippen molar-refractivity contribution in [3.8, 4) is 5.75 Å². The van der Waals surface area contributed by atoms with Gasteiger partial charge < -0.3 is 10.1 Å². The van der Waals surface area contributed by atoms with Crippen molar-refractivity contribution in [3.05, 3.63) is 54.1 Å². The standard InChI is InChI=1S/C17H17F3N2O4S/c1-12-6-3-4-9-15(12)22(27(2,24)25)11-16(23)21-13-7-5-8-14(10-13)26-17(18,19)20/h3-10H,11H2,1-2H3,(H,21,23). The third-order valence-corrected chi connectivity index (χ3v) is 4.55. The Morgan fingerprint density at radius 1 is 1.15 bits per heavy atom. The van der Waals surface area contributed by atoms with Gasteiger partial charge in [-0.05, 0) is 30.7 Å². The second-order valence-electron chi connectivity index (χ2n) is 5.68. The minimum atomic E-state index is -4.86. The zero-order valence-corrected chi connectivity index (χ0v) is 15.3. The highest BCUT2D eigenvalue weighted by Gasteiger charge is 2.31. The lowest BCUT2D eigenvalue weighted by molar-refractivity contribution is -0.274. The third-order valence-electron chi connectivity index (χ3n) is 3.42. The highest BCUT2D eigenvalue weighted by Crippen LogP contribution is 2.25. The van der Waals surface area contributed by atoms with E-state index in [2.05, 4.69) is 10.1 Å². The Labute approximate surface area is 154 Å². The molecule has 0 saturated heterocycles. The van der Waals surface area contributed by atoms with Crippen molar-refractivity contribution < 1.29 is 31.1 Å². The number of nitrogens with one attached hydrogen (secondary N) is 1. The smallest absolute Gasteiger partial charge is 0.406 e. The van der Waals surface area contributed by atoms with Crippen LogP contribution in [0.2, 0.25) is 0 Å². The van der Waals surface area contributed by atoms with Crippen molar-refractivity contribution in [2.24, 2.45) is 0 Å². The number of ether oxygens (including phenoxy) is 1. The summed E-state index contributed by atoms with van der Waals surface area (Å²) in [4.78, 5) is 12.3. The first-order valence-electron chi connectivity index (χ1n) is 7.65. The van der Waals surface area contributed by atoms with Crippen LogP contribution < -0.4 is 14.4 Å². The number of rotatable bonds is 6. The van der Waals surface area contributed by atoms with Gasteiger partial charge in [-0.25, -0.2) is 8.42 Å². The summed E-state index contributed by atoms with van der Waals surface area (Å²) in [6, 6.07) is 11.3. The van der Waals surface area contributed by atoms with Crippen LogP contribution in [-0.4, -0.2) is 33.5 Å². The maximum Gasteiger partial charge on any atom is 0.573 e. The molecule has 0 atom stereocenters. The molecule has 146 valence electrons. The van der Waals surface area contributed by atoms with Crippen molar-refractivity contribution in [1.29, 1.82) is 0 Å². The zero-order chi connectivity index (χ0) is 20.2. The van der Waals surface area contributed by atoms with E-state index in [0.29, 0.717) is 11.3 Å². The Kier molecular flexibility index (Phi) is 5.99. The summed E-state index contributed by atoms with van der Waals surface area (Å²) < 4.78 is 65.7. The van der Waals surface area contributed by atoms with E-state index in [4.69, 9.17) is 0 Å². The normalized spacial score (nSPS) is 11.7. The van der Waals surface area contributed by atoms with Crippen molar-refractivity contribution in [1.82, 2.24) is 0 Å². The first kappa shape index (κ1) is 20.6. The van der Waals surface area contributed by atoms with E-state index in [1.54, 1.807) is 31.2 Å². The van der Waals surface area contributed by atoms with Gasteiger partial charge in [-0.3, -0.25) is 9.10 Å². The number of hydrogen-bond acceptors (Lipinski definition) is 4. The molecular formula is C17H17F3N2O4S. The van der Waals surface area contributed by atoms with Crippen LogP contribution in [-0.2, 0) is 14.8 Å². The number of alkyl halides is 3. The molecule has 1 N–H and O–H groups in total. The number of carbonyl (C=O) groups excluding carboxylic acids is 1. The Hall–Kier alpha value is -2.75. The molecule has 1 amide bonds. The number of para-hydroxylation sites is 1. The number of amides is 1. The Morgan fingerprint density at radius 3 is 2.41 bits per heavy atom. The number of nitrogens with zero attached hydrogens (tertiary/aromatic N) is 1. The number of sulfonamides is 1. The van der Waals surface area contributed by atoms with Crippen LogP contribution in [0.25, 0.3) is 0 Å². The number of benzene rings is 2. The highest BCUT2D eigenvalue weighted by atomic mass is 32.2. The van der Waals surface area contributed by atoms with Crippen LogP contribution in [0.5, 0.6) is 5.75 Å². The second kappa shape index (κ2) is 7.87. The van der Waals surface area contributed by atoms with Gasteiger partial charge in [-0.2, -0.15) is 0 Å². The Morgan fingerprint density at radius 2 is 1.81 bits per heavy atom. The summed E-state index contributed by atoms with van der Waals surface area (Å²) in [5, 5.41) is 2.37. The van der Waals surface area contributed by atoms with Crippen molar-refractivity contribution in [2.45, 2.75) is 13.3 Å². The summed E-state index contributed by atoms with van der Waals surface area (Å²) in [6.45, 7) is 1.16. The summed E-state index contributed by atoms with van der Waals surface area (Å²) in [5.41, 5.74) is 1.03. The van der Waals surface area contributed by atoms with Gasteiger partial charge in [-0.1, -0.05) is 24.3 Å².